The number of methoxy groups -OCH3 is 1. The number of nitrogens with zero attached hydrogens (tertiary/aromatic N) is 3. The van der Waals surface area contributed by atoms with Gasteiger partial charge in [0.15, 0.2) is 5.83 Å². The third kappa shape index (κ3) is 6.00. The average molecular weight is 619 g/mol. The number of nitrogen functional groups attached to an aromatic ring is 1. The van der Waals surface area contributed by atoms with Crippen LogP contribution in [0.1, 0.15) is 34.5 Å². The van der Waals surface area contributed by atoms with E-state index in [1.165, 1.54) is 6.20 Å². The van der Waals surface area contributed by atoms with Crippen molar-refractivity contribution < 1.29 is 23.1 Å². The first-order chi connectivity index (χ1) is 20.9. The van der Waals surface area contributed by atoms with Crippen LogP contribution < -0.4 is 16.4 Å². The van der Waals surface area contributed by atoms with Gasteiger partial charge in [-0.1, -0.05) is 36.1 Å². The highest BCUT2D eigenvalue weighted by molar-refractivity contribution is 6.34. The molecule has 44 heavy (non-hydrogen) atoms. The van der Waals surface area contributed by atoms with Crippen LogP contribution in [0.5, 0.6) is 0 Å². The van der Waals surface area contributed by atoms with Crippen LogP contribution >= 0.6 is 11.6 Å². The van der Waals surface area contributed by atoms with E-state index in [0.29, 0.717) is 51.8 Å². The molecule has 0 spiro atoms. The standard InChI is InChI=1S/C32H29ClF2N6O3/c1-17-12-21(40-30(42)18(2)34)7-8-22(17)28-24(25-27(41(28)3)19(6-5-11-44-4)14-38-29(25)36)20-13-23(33)26(37-15-20)31(43)39-16-32(35)9-10-32/h7-8,12-15H,2,9-11,16H2,1,3-4H3,(H2,36,38)(H,39,43)(H,40,42). The number of aromatic nitrogens is 3. The summed E-state index contributed by atoms with van der Waals surface area (Å²) in [6.07, 6.45) is 3.89. The second-order valence-corrected chi connectivity index (χ2v) is 11.0. The molecule has 3 heterocycles. The number of carbonyl (C=O) groups excluding carboxylic acids is 2. The number of nitrogens with two attached hydrogens (primary N) is 1. The van der Waals surface area contributed by atoms with E-state index in [1.807, 2.05) is 18.5 Å². The number of ether oxygens (including phenoxy) is 1. The van der Waals surface area contributed by atoms with Gasteiger partial charge in [-0.15, -0.1) is 0 Å². The molecular formula is C32H29ClF2N6O3. The summed E-state index contributed by atoms with van der Waals surface area (Å²) >= 11 is 6.59. The number of fused-ring (bicyclic) bond motifs is 1. The fourth-order valence-corrected chi connectivity index (χ4v) is 5.23. The molecule has 1 aliphatic carbocycles. The van der Waals surface area contributed by atoms with Crippen molar-refractivity contribution in [3.63, 3.8) is 0 Å². The van der Waals surface area contributed by atoms with Gasteiger partial charge in [-0.25, -0.2) is 18.7 Å². The predicted molar refractivity (Wildman–Crippen MR) is 167 cm³/mol. The van der Waals surface area contributed by atoms with Crippen LogP contribution in [0.4, 0.5) is 20.3 Å². The summed E-state index contributed by atoms with van der Waals surface area (Å²) in [6, 6.07) is 6.73. The van der Waals surface area contributed by atoms with E-state index in [1.54, 1.807) is 37.6 Å². The lowest BCUT2D eigenvalue weighted by molar-refractivity contribution is -0.114. The van der Waals surface area contributed by atoms with E-state index in [0.717, 1.165) is 11.1 Å². The largest absolute Gasteiger partial charge is 0.383 e. The molecule has 2 amide bonds. The summed E-state index contributed by atoms with van der Waals surface area (Å²) in [6.45, 7) is 4.98. The number of carbonyl (C=O) groups is 2. The van der Waals surface area contributed by atoms with Crippen LogP contribution in [0.15, 0.2) is 49.1 Å². The van der Waals surface area contributed by atoms with Crippen LogP contribution in [0.25, 0.3) is 33.3 Å². The minimum absolute atomic E-state index is 0.0376. The van der Waals surface area contributed by atoms with Crippen molar-refractivity contribution in [2.75, 3.05) is 31.3 Å². The number of nitrogens with one attached hydrogen (secondary N) is 2. The first-order valence-electron chi connectivity index (χ1n) is 13.6. The van der Waals surface area contributed by atoms with Crippen molar-refractivity contribution in [1.82, 2.24) is 19.9 Å². The fourth-order valence-electron chi connectivity index (χ4n) is 4.98. The Balaban J connectivity index is 1.69. The molecule has 1 fully saturated rings. The lowest BCUT2D eigenvalue weighted by Crippen LogP contribution is -2.31. The quantitative estimate of drug-likeness (QED) is 0.177. The number of amides is 2. The molecule has 5 rings (SSSR count). The summed E-state index contributed by atoms with van der Waals surface area (Å²) < 4.78 is 34.4. The lowest BCUT2D eigenvalue weighted by atomic mass is 9.96. The zero-order valence-electron chi connectivity index (χ0n) is 24.3. The molecule has 9 nitrogen and oxygen atoms in total. The number of anilines is 2. The molecule has 0 atom stereocenters. The molecule has 0 saturated heterocycles. The first-order valence-corrected chi connectivity index (χ1v) is 14.0. The van der Waals surface area contributed by atoms with E-state index in [4.69, 9.17) is 22.1 Å². The second kappa shape index (κ2) is 12.1. The molecule has 0 radical (unpaired) electrons. The van der Waals surface area contributed by atoms with Gasteiger partial charge in [0.05, 0.1) is 33.7 Å². The highest BCUT2D eigenvalue weighted by Crippen LogP contribution is 2.45. The van der Waals surface area contributed by atoms with Crippen molar-refractivity contribution in [3.8, 4) is 34.2 Å². The van der Waals surface area contributed by atoms with Gasteiger partial charge in [0.2, 0.25) is 0 Å². The Morgan fingerprint density at radius 2 is 2.00 bits per heavy atom. The van der Waals surface area contributed by atoms with E-state index in [-0.39, 0.29) is 29.7 Å². The maximum absolute atomic E-state index is 14.1. The Morgan fingerprint density at radius 1 is 1.25 bits per heavy atom. The fraction of sp³-hybridized carbons (Fsp3) is 0.250. The summed E-state index contributed by atoms with van der Waals surface area (Å²) in [4.78, 5) is 33.4. The van der Waals surface area contributed by atoms with Crippen molar-refractivity contribution in [1.29, 1.82) is 0 Å². The summed E-state index contributed by atoms with van der Waals surface area (Å²) in [7, 11) is 3.40. The van der Waals surface area contributed by atoms with Crippen molar-refractivity contribution >= 4 is 45.8 Å². The third-order valence-corrected chi connectivity index (χ3v) is 7.66. The highest BCUT2D eigenvalue weighted by atomic mass is 35.5. The molecule has 0 aliphatic heterocycles. The predicted octanol–water partition coefficient (Wildman–Crippen LogP) is 5.50. The number of halogens is 3. The molecule has 226 valence electrons. The van der Waals surface area contributed by atoms with Gasteiger partial charge in [0, 0.05) is 48.9 Å². The number of benzene rings is 1. The second-order valence-electron chi connectivity index (χ2n) is 10.6. The summed E-state index contributed by atoms with van der Waals surface area (Å²) in [5.74, 6) is 3.65. The number of alkyl halides is 1. The first kappa shape index (κ1) is 30.7. The van der Waals surface area contributed by atoms with Crippen LogP contribution in [0, 0.1) is 18.8 Å². The van der Waals surface area contributed by atoms with Gasteiger partial charge < -0.3 is 25.7 Å². The molecule has 0 bridgehead atoms. The topological polar surface area (TPSA) is 124 Å². The van der Waals surface area contributed by atoms with Gasteiger partial charge in [-0.2, -0.15) is 0 Å². The molecule has 4 N–H and O–H groups in total. The van der Waals surface area contributed by atoms with Crippen LogP contribution in [-0.2, 0) is 16.6 Å². The average Bonchev–Trinajstić information content (AvgIpc) is 3.64. The van der Waals surface area contributed by atoms with Crippen LogP contribution in [0.3, 0.4) is 0 Å². The Hall–Kier alpha value is -4.79. The Morgan fingerprint density at radius 3 is 2.64 bits per heavy atom. The molecule has 12 heteroatoms. The van der Waals surface area contributed by atoms with E-state index in [2.05, 4.69) is 39.0 Å². The van der Waals surface area contributed by atoms with E-state index >= 15 is 0 Å². The molecule has 1 aromatic carbocycles. The smallest absolute Gasteiger partial charge is 0.283 e. The van der Waals surface area contributed by atoms with Gasteiger partial charge in [0.1, 0.15) is 23.8 Å². The minimum atomic E-state index is -1.37. The van der Waals surface area contributed by atoms with Gasteiger partial charge in [-0.05, 0) is 43.5 Å². The summed E-state index contributed by atoms with van der Waals surface area (Å²) in [5.41, 5.74) is 10.1. The Labute approximate surface area is 257 Å². The van der Waals surface area contributed by atoms with Crippen molar-refractivity contribution in [2.45, 2.75) is 25.4 Å². The van der Waals surface area contributed by atoms with Crippen LogP contribution in [-0.4, -0.2) is 52.3 Å². The van der Waals surface area contributed by atoms with Gasteiger partial charge in [-0.3, -0.25) is 9.59 Å². The Kier molecular flexibility index (Phi) is 8.41. The molecule has 0 unspecified atom stereocenters. The highest BCUT2D eigenvalue weighted by Gasteiger charge is 2.43. The Bertz CT molecular complexity index is 1910. The minimum Gasteiger partial charge on any atom is -0.383 e. The number of aryl methyl sites for hydroxylation is 2. The monoisotopic (exact) mass is 618 g/mol. The molecule has 3 aromatic heterocycles. The van der Waals surface area contributed by atoms with Gasteiger partial charge in [0.25, 0.3) is 11.8 Å². The molecule has 1 saturated carbocycles. The zero-order chi connectivity index (χ0) is 31.8. The molecule has 4 aromatic rings. The lowest BCUT2D eigenvalue weighted by Gasteiger charge is -2.14. The van der Waals surface area contributed by atoms with Crippen molar-refractivity contribution in [3.05, 3.63) is 70.9 Å². The van der Waals surface area contributed by atoms with Crippen molar-refractivity contribution in [2.24, 2.45) is 7.05 Å². The molecule has 1 aliphatic rings. The van der Waals surface area contributed by atoms with Gasteiger partial charge >= 0.3 is 0 Å². The third-order valence-electron chi connectivity index (χ3n) is 7.37. The number of pyridine rings is 2. The van der Waals surface area contributed by atoms with E-state index < -0.39 is 23.3 Å². The summed E-state index contributed by atoms with van der Waals surface area (Å²) in [5, 5.41) is 5.69. The van der Waals surface area contributed by atoms with Crippen LogP contribution in [0.2, 0.25) is 5.02 Å². The number of hydrogen-bond donors (Lipinski definition) is 3. The maximum atomic E-state index is 14.1. The number of hydrogen-bond acceptors (Lipinski definition) is 6. The number of rotatable bonds is 8. The van der Waals surface area contributed by atoms with E-state index in [9.17, 15) is 18.4 Å². The normalized spacial score (nSPS) is 13.2. The zero-order valence-corrected chi connectivity index (χ0v) is 25.0. The maximum Gasteiger partial charge on any atom is 0.283 e. The SMILES string of the molecule is C=C(F)C(=O)Nc1ccc(-c2c(-c3cnc(C(=O)NCC4(F)CC4)c(Cl)c3)c3c(N)ncc(C#CCOC)c3n2C)c(C)c1. The molecular weight excluding hydrogens is 590 g/mol.